The molecule has 17 heteroatoms. The molecule has 0 bridgehead atoms. The quantitative estimate of drug-likeness (QED) is 0.0634. The zero-order valence-electron chi connectivity index (χ0n) is 29.2. The van der Waals surface area contributed by atoms with Gasteiger partial charge < -0.3 is 50.4 Å². The van der Waals surface area contributed by atoms with Crippen molar-refractivity contribution in [1.82, 2.24) is 0 Å². The molecule has 1 aliphatic rings. The molecule has 5 aromatic carbocycles. The number of carboxylic acids is 4. The van der Waals surface area contributed by atoms with Crippen LogP contribution in [0.2, 0.25) is 0 Å². The molecule has 0 aliphatic heterocycles. The molecule has 280 valence electrons. The van der Waals surface area contributed by atoms with Gasteiger partial charge in [-0.05, 0) is 19.2 Å². The highest BCUT2D eigenvalue weighted by atomic mass is 16.5. The highest BCUT2D eigenvalue weighted by molar-refractivity contribution is 6.40. The number of aromatic hydroxyl groups is 1. The molecule has 0 aromatic heterocycles. The number of carboxylic acid groups (broad SMARTS) is 4. The van der Waals surface area contributed by atoms with Crippen LogP contribution in [0.5, 0.6) is 23.0 Å². The third-order valence-electron chi connectivity index (χ3n) is 9.67. The number of allylic oxidation sites excluding steroid dienone is 1. The van der Waals surface area contributed by atoms with Crippen LogP contribution in [0.15, 0.2) is 27.3 Å². The van der Waals surface area contributed by atoms with E-state index in [0.29, 0.717) is 0 Å². The second-order valence-electron chi connectivity index (χ2n) is 12.8. The number of Topliss-reactive ketones (excluding diaryl/α,β-unsaturated/α-hetero) is 1. The molecule has 0 heterocycles. The Morgan fingerprint density at radius 2 is 1.24 bits per heavy atom. The first-order chi connectivity index (χ1) is 25.5. The SMILES string of the molecule is COc1c2c3c4c(c(NC(CC(=O)O)C(=O)O)c(=O)c5c(O)cc(OC)c(c6c(OC)cc(NC(CC(=O)O)C(=O)O)c(c1=O)c63)c54)C=C(C)C2C(C)=O. The smallest absolute Gasteiger partial charge is 0.326 e. The van der Waals surface area contributed by atoms with Crippen LogP contribution in [0.4, 0.5) is 11.4 Å². The van der Waals surface area contributed by atoms with Crippen molar-refractivity contribution in [3.63, 3.8) is 0 Å². The van der Waals surface area contributed by atoms with Crippen molar-refractivity contribution in [2.45, 2.75) is 44.7 Å². The van der Waals surface area contributed by atoms with E-state index in [-0.39, 0.29) is 82.7 Å². The molecule has 0 radical (unpaired) electrons. The third-order valence-corrected chi connectivity index (χ3v) is 9.67. The number of carbonyl (C=O) groups excluding carboxylic acids is 1. The Balaban J connectivity index is 2.02. The Kier molecular flexibility index (Phi) is 9.05. The minimum atomic E-state index is -1.86. The summed E-state index contributed by atoms with van der Waals surface area (Å²) < 4.78 is 17.2. The maximum Gasteiger partial charge on any atom is 0.326 e. The standard InChI is InChI=1S/C37H32N2O15/c1-11-6-13-23-28-25(33(46)32(13)39-16(37(50)51)9-21(44)45)17(41)10-19(53-4)27(28)26-18(52-3)7-14(38-15(36(48)49)8-20(42)43)24-30(26)29(23)31(22(11)12(2)40)35(54-5)34(24)47/h6-7,10,15-16,22,38-39,41H,8-9H2,1-5H3,(H,42,43)(H,44,45)(H,48,49)(H,50,51). The Morgan fingerprint density at radius 3 is 1.74 bits per heavy atom. The summed E-state index contributed by atoms with van der Waals surface area (Å²) in [5.74, 6) is -8.87. The van der Waals surface area contributed by atoms with Gasteiger partial charge in [-0.3, -0.25) is 24.0 Å². The summed E-state index contributed by atoms with van der Waals surface area (Å²) in [4.78, 5) is 90.9. The van der Waals surface area contributed by atoms with Crippen molar-refractivity contribution in [2.24, 2.45) is 0 Å². The Labute approximate surface area is 302 Å². The van der Waals surface area contributed by atoms with Gasteiger partial charge in [-0.2, -0.15) is 0 Å². The van der Waals surface area contributed by atoms with E-state index in [1.807, 2.05) is 0 Å². The van der Waals surface area contributed by atoms with Crippen molar-refractivity contribution in [1.29, 1.82) is 0 Å². The first kappa shape index (κ1) is 36.9. The largest absolute Gasteiger partial charge is 0.507 e. The molecule has 3 unspecified atom stereocenters. The lowest BCUT2D eigenvalue weighted by Crippen LogP contribution is -2.34. The second kappa shape index (κ2) is 13.3. The number of ether oxygens (including phenoxy) is 3. The fourth-order valence-corrected chi connectivity index (χ4v) is 7.65. The molecular weight excluding hydrogens is 712 g/mol. The number of rotatable bonds is 14. The second-order valence-corrected chi connectivity index (χ2v) is 12.8. The van der Waals surface area contributed by atoms with E-state index in [1.54, 1.807) is 0 Å². The molecule has 54 heavy (non-hydrogen) atoms. The van der Waals surface area contributed by atoms with Crippen LogP contribution in [0.3, 0.4) is 0 Å². The van der Waals surface area contributed by atoms with E-state index in [9.17, 15) is 59.1 Å². The number of aliphatic carboxylic acids is 4. The lowest BCUT2D eigenvalue weighted by molar-refractivity contribution is -0.144. The number of hydrogen-bond donors (Lipinski definition) is 7. The minimum absolute atomic E-state index is 0.0188. The molecule has 1 aliphatic carbocycles. The first-order valence-corrected chi connectivity index (χ1v) is 16.2. The normalized spacial score (nSPS) is 14.8. The number of hydrogen-bond acceptors (Lipinski definition) is 13. The van der Waals surface area contributed by atoms with Crippen LogP contribution >= 0.6 is 0 Å². The summed E-state index contributed by atoms with van der Waals surface area (Å²) in [6, 6.07) is -1.23. The van der Waals surface area contributed by atoms with Gasteiger partial charge in [0.25, 0.3) is 0 Å². The van der Waals surface area contributed by atoms with E-state index in [2.05, 4.69) is 10.6 Å². The predicted molar refractivity (Wildman–Crippen MR) is 194 cm³/mol. The van der Waals surface area contributed by atoms with E-state index in [0.717, 1.165) is 6.07 Å². The van der Waals surface area contributed by atoms with Crippen molar-refractivity contribution < 1.29 is 63.7 Å². The highest BCUT2D eigenvalue weighted by Gasteiger charge is 2.38. The average Bonchev–Trinajstić information content (AvgIpc) is 3.22. The number of phenolic OH excluding ortho intramolecular Hbond substituents is 1. The van der Waals surface area contributed by atoms with Gasteiger partial charge in [0.05, 0.1) is 62.2 Å². The van der Waals surface area contributed by atoms with Crippen LogP contribution in [0, 0.1) is 0 Å². The minimum Gasteiger partial charge on any atom is -0.507 e. The monoisotopic (exact) mass is 744 g/mol. The summed E-state index contributed by atoms with van der Waals surface area (Å²) >= 11 is 0. The number of carbonyl (C=O) groups is 5. The summed E-state index contributed by atoms with van der Waals surface area (Å²) in [6.45, 7) is 2.79. The summed E-state index contributed by atoms with van der Waals surface area (Å²) in [6.07, 6.45) is -0.447. The van der Waals surface area contributed by atoms with Crippen molar-refractivity contribution in [3.8, 4) is 23.0 Å². The number of phenols is 1. The van der Waals surface area contributed by atoms with E-state index < -0.39 is 82.8 Å². The lowest BCUT2D eigenvalue weighted by Gasteiger charge is -2.26. The molecule has 7 N–H and O–H groups in total. The first-order valence-electron chi connectivity index (χ1n) is 16.2. The molecule has 3 atom stereocenters. The zero-order chi connectivity index (χ0) is 39.7. The third kappa shape index (κ3) is 5.43. The number of methoxy groups -OCH3 is 3. The molecule has 0 saturated heterocycles. The summed E-state index contributed by atoms with van der Waals surface area (Å²) in [5, 5.41) is 55.5. The van der Waals surface area contributed by atoms with Gasteiger partial charge in [0.15, 0.2) is 5.75 Å². The van der Waals surface area contributed by atoms with E-state index in [4.69, 9.17) is 14.2 Å². The van der Waals surface area contributed by atoms with Crippen LogP contribution in [-0.4, -0.2) is 88.6 Å². The van der Waals surface area contributed by atoms with Crippen LogP contribution < -0.4 is 35.7 Å². The number of anilines is 2. The zero-order valence-corrected chi connectivity index (χ0v) is 29.2. The maximum absolute atomic E-state index is 14.7. The molecule has 0 saturated carbocycles. The van der Waals surface area contributed by atoms with Crippen LogP contribution in [0.25, 0.3) is 49.2 Å². The fraction of sp³-hybridized carbons (Fsp3) is 0.270. The lowest BCUT2D eigenvalue weighted by atomic mass is 9.80. The molecule has 6 rings (SSSR count). The average molecular weight is 745 g/mol. The van der Waals surface area contributed by atoms with E-state index in [1.165, 1.54) is 47.3 Å². The van der Waals surface area contributed by atoms with Gasteiger partial charge in [-0.25, -0.2) is 9.59 Å². The Hall–Kier alpha value is -6.91. The number of ketones is 1. The van der Waals surface area contributed by atoms with E-state index >= 15 is 0 Å². The Morgan fingerprint density at radius 1 is 0.704 bits per heavy atom. The maximum atomic E-state index is 14.7. The molecule has 0 spiro atoms. The van der Waals surface area contributed by atoms with Crippen molar-refractivity contribution in [2.75, 3.05) is 32.0 Å². The molecular formula is C37H32N2O15. The van der Waals surface area contributed by atoms with Gasteiger partial charge in [-0.1, -0.05) is 11.6 Å². The number of benzene rings is 5. The molecule has 0 fully saturated rings. The number of fused-ring (bicyclic) bond motifs is 1. The molecule has 0 amide bonds. The molecule has 17 nitrogen and oxygen atoms in total. The molecule has 5 aromatic rings. The van der Waals surface area contributed by atoms with Gasteiger partial charge >= 0.3 is 23.9 Å². The van der Waals surface area contributed by atoms with Gasteiger partial charge in [-0.15, -0.1) is 0 Å². The summed E-state index contributed by atoms with van der Waals surface area (Å²) in [5.41, 5.74) is -2.14. The topological polar surface area (TPSA) is 272 Å². The van der Waals surface area contributed by atoms with Gasteiger partial charge in [0.2, 0.25) is 10.9 Å². The number of nitrogens with one attached hydrogen (secondary N) is 2. The van der Waals surface area contributed by atoms with Crippen molar-refractivity contribution >= 4 is 90.2 Å². The highest BCUT2D eigenvalue weighted by Crippen LogP contribution is 2.56. The van der Waals surface area contributed by atoms with Gasteiger partial charge in [0.1, 0.15) is 35.1 Å². The van der Waals surface area contributed by atoms with Gasteiger partial charge in [0, 0.05) is 50.2 Å². The van der Waals surface area contributed by atoms with Crippen LogP contribution in [-0.2, 0) is 24.0 Å². The summed E-state index contributed by atoms with van der Waals surface area (Å²) in [7, 11) is 3.72. The fourth-order valence-electron chi connectivity index (χ4n) is 7.65. The van der Waals surface area contributed by atoms with Crippen LogP contribution in [0.1, 0.15) is 43.7 Å². The predicted octanol–water partition coefficient (Wildman–Crippen LogP) is 3.40. The van der Waals surface area contributed by atoms with Crippen molar-refractivity contribution in [3.05, 3.63) is 49.3 Å². The Bertz CT molecular complexity index is 2650.